The number of hydrogen-bond acceptors (Lipinski definition) is 4. The summed E-state index contributed by atoms with van der Waals surface area (Å²) in [6, 6.07) is 0. The van der Waals surface area contributed by atoms with Crippen LogP contribution in [0, 0.1) is 5.92 Å². The van der Waals surface area contributed by atoms with Crippen molar-refractivity contribution in [3.8, 4) is 0 Å². The number of nitrogens with one attached hydrogen (secondary N) is 3. The van der Waals surface area contributed by atoms with Gasteiger partial charge in [0.25, 0.3) is 0 Å². The molecule has 0 aromatic carbocycles. The smallest absolute Gasteiger partial charge is 0.245 e. The van der Waals surface area contributed by atoms with Crippen LogP contribution in [0.2, 0.25) is 0 Å². The van der Waals surface area contributed by atoms with Crippen LogP contribution < -0.4 is 9.44 Å². The lowest BCUT2D eigenvalue weighted by Gasteiger charge is -2.08. The molecular weight excluding hydrogens is 206 g/mol. The maximum atomic E-state index is 11.3. The van der Waals surface area contributed by atoms with E-state index in [4.69, 9.17) is 0 Å². The van der Waals surface area contributed by atoms with Gasteiger partial charge < -0.3 is 0 Å². The van der Waals surface area contributed by atoms with Crippen LogP contribution in [-0.4, -0.2) is 30.1 Å². The SMILES string of the molecule is CC(C)CNS(=O)(=O)Nc1ncn[nH]1. The fourth-order valence-corrected chi connectivity index (χ4v) is 1.67. The van der Waals surface area contributed by atoms with Gasteiger partial charge in [0.05, 0.1) is 0 Å². The monoisotopic (exact) mass is 219 g/mol. The molecule has 0 radical (unpaired) electrons. The highest BCUT2D eigenvalue weighted by molar-refractivity contribution is 7.90. The second-order valence-electron chi connectivity index (χ2n) is 3.18. The van der Waals surface area contributed by atoms with Gasteiger partial charge >= 0.3 is 10.2 Å². The summed E-state index contributed by atoms with van der Waals surface area (Å²) in [5.74, 6) is 0.350. The maximum absolute atomic E-state index is 11.3. The molecule has 0 fully saturated rings. The average Bonchev–Trinajstić information content (AvgIpc) is 2.53. The number of hydrogen-bond donors (Lipinski definition) is 3. The molecule has 0 unspecified atom stereocenters. The highest BCUT2D eigenvalue weighted by atomic mass is 32.2. The van der Waals surface area contributed by atoms with E-state index in [1.165, 1.54) is 6.33 Å². The first kappa shape index (κ1) is 10.9. The van der Waals surface area contributed by atoms with Gasteiger partial charge in [0.1, 0.15) is 6.33 Å². The molecule has 1 rings (SSSR count). The van der Waals surface area contributed by atoms with Crippen molar-refractivity contribution >= 4 is 16.2 Å². The second kappa shape index (κ2) is 4.38. The summed E-state index contributed by atoms with van der Waals surface area (Å²) < 4.78 is 27.1. The van der Waals surface area contributed by atoms with Gasteiger partial charge in [0.15, 0.2) is 0 Å². The molecule has 8 heteroatoms. The zero-order valence-electron chi connectivity index (χ0n) is 7.98. The highest BCUT2D eigenvalue weighted by Gasteiger charge is 2.10. The molecule has 1 aromatic rings. The number of aromatic nitrogens is 3. The van der Waals surface area contributed by atoms with Crippen LogP contribution in [0.4, 0.5) is 5.95 Å². The zero-order valence-corrected chi connectivity index (χ0v) is 8.80. The Morgan fingerprint density at radius 2 is 2.29 bits per heavy atom. The van der Waals surface area contributed by atoms with Gasteiger partial charge in [-0.05, 0) is 5.92 Å². The van der Waals surface area contributed by atoms with E-state index < -0.39 is 10.2 Å². The third kappa shape index (κ3) is 3.71. The van der Waals surface area contributed by atoms with Gasteiger partial charge in [-0.3, -0.25) is 0 Å². The normalized spacial score (nSPS) is 11.9. The summed E-state index contributed by atoms with van der Waals surface area (Å²) in [5.41, 5.74) is 0. The fourth-order valence-electron chi connectivity index (χ4n) is 0.694. The van der Waals surface area contributed by atoms with E-state index in [0.717, 1.165) is 0 Å². The molecule has 80 valence electrons. The summed E-state index contributed by atoms with van der Waals surface area (Å²) in [7, 11) is -3.53. The van der Waals surface area contributed by atoms with Gasteiger partial charge in [-0.25, -0.2) is 9.82 Å². The molecule has 1 heterocycles. The van der Waals surface area contributed by atoms with Crippen molar-refractivity contribution < 1.29 is 8.42 Å². The van der Waals surface area contributed by atoms with Crippen LogP contribution in [0.25, 0.3) is 0 Å². The van der Waals surface area contributed by atoms with Crippen LogP contribution in [0.15, 0.2) is 6.33 Å². The zero-order chi connectivity index (χ0) is 10.6. The summed E-state index contributed by atoms with van der Waals surface area (Å²) in [4.78, 5) is 3.63. The first-order valence-electron chi connectivity index (χ1n) is 4.12. The summed E-state index contributed by atoms with van der Waals surface area (Å²) in [5, 5.41) is 5.90. The Hall–Kier alpha value is -1.15. The predicted octanol–water partition coefficient (Wildman–Crippen LogP) is -0.293. The summed E-state index contributed by atoms with van der Waals surface area (Å²) in [6.45, 7) is 4.21. The molecule has 0 saturated heterocycles. The summed E-state index contributed by atoms with van der Waals surface area (Å²) in [6.07, 6.45) is 1.22. The molecule has 0 bridgehead atoms. The van der Waals surface area contributed by atoms with Gasteiger partial charge in [-0.2, -0.15) is 23.2 Å². The molecule has 0 atom stereocenters. The largest absolute Gasteiger partial charge is 0.301 e. The van der Waals surface area contributed by atoms with E-state index in [1.54, 1.807) is 0 Å². The molecule has 0 aliphatic rings. The van der Waals surface area contributed by atoms with E-state index >= 15 is 0 Å². The maximum Gasteiger partial charge on any atom is 0.301 e. The predicted molar refractivity (Wildman–Crippen MR) is 51.8 cm³/mol. The second-order valence-corrected chi connectivity index (χ2v) is 4.68. The van der Waals surface area contributed by atoms with Crippen LogP contribution in [0.3, 0.4) is 0 Å². The van der Waals surface area contributed by atoms with E-state index in [9.17, 15) is 8.42 Å². The molecular formula is C6H13N5O2S. The van der Waals surface area contributed by atoms with Crippen molar-refractivity contribution in [1.29, 1.82) is 0 Å². The molecule has 0 saturated carbocycles. The molecule has 0 spiro atoms. The number of anilines is 1. The molecule has 1 aromatic heterocycles. The van der Waals surface area contributed by atoms with Crippen molar-refractivity contribution in [3.63, 3.8) is 0 Å². The van der Waals surface area contributed by atoms with Gasteiger partial charge in [0, 0.05) is 6.54 Å². The van der Waals surface area contributed by atoms with E-state index in [0.29, 0.717) is 6.54 Å². The van der Waals surface area contributed by atoms with Crippen molar-refractivity contribution in [1.82, 2.24) is 19.9 Å². The minimum absolute atomic E-state index is 0.0984. The van der Waals surface area contributed by atoms with Crippen LogP contribution in [0.5, 0.6) is 0 Å². The van der Waals surface area contributed by atoms with E-state index in [2.05, 4.69) is 24.6 Å². The molecule has 0 amide bonds. The lowest BCUT2D eigenvalue weighted by Crippen LogP contribution is -2.33. The molecule has 0 aliphatic heterocycles. The number of aromatic amines is 1. The lowest BCUT2D eigenvalue weighted by molar-refractivity contribution is 0.564. The lowest BCUT2D eigenvalue weighted by atomic mass is 10.2. The van der Waals surface area contributed by atoms with E-state index in [1.807, 2.05) is 13.8 Å². The third-order valence-corrected chi connectivity index (χ3v) is 2.34. The fraction of sp³-hybridized carbons (Fsp3) is 0.667. The van der Waals surface area contributed by atoms with Gasteiger partial charge in [-0.15, -0.1) is 0 Å². The standard InChI is InChI=1S/C6H13N5O2S/c1-5(2)3-9-14(12,13)11-6-7-4-8-10-6/h4-5,9H,3H2,1-2H3,(H2,7,8,10,11). The number of rotatable bonds is 5. The topological polar surface area (TPSA) is 99.8 Å². The van der Waals surface area contributed by atoms with Crippen molar-refractivity contribution in [2.75, 3.05) is 11.3 Å². The number of H-pyrrole nitrogens is 1. The van der Waals surface area contributed by atoms with Gasteiger partial charge in [0.2, 0.25) is 5.95 Å². The quantitative estimate of drug-likeness (QED) is 0.633. The molecule has 14 heavy (non-hydrogen) atoms. The number of nitrogens with zero attached hydrogens (tertiary/aromatic N) is 2. The molecule has 7 nitrogen and oxygen atoms in total. The minimum atomic E-state index is -3.53. The van der Waals surface area contributed by atoms with Crippen molar-refractivity contribution in [2.45, 2.75) is 13.8 Å². The van der Waals surface area contributed by atoms with Crippen molar-refractivity contribution in [3.05, 3.63) is 6.33 Å². The Morgan fingerprint density at radius 1 is 1.57 bits per heavy atom. The highest BCUT2D eigenvalue weighted by Crippen LogP contribution is 1.97. The van der Waals surface area contributed by atoms with Crippen LogP contribution in [-0.2, 0) is 10.2 Å². The van der Waals surface area contributed by atoms with Gasteiger partial charge in [-0.1, -0.05) is 13.8 Å². The molecule has 0 aliphatic carbocycles. The summed E-state index contributed by atoms with van der Waals surface area (Å²) >= 11 is 0. The van der Waals surface area contributed by atoms with Crippen LogP contribution >= 0.6 is 0 Å². The Morgan fingerprint density at radius 3 is 2.79 bits per heavy atom. The van der Waals surface area contributed by atoms with Crippen LogP contribution in [0.1, 0.15) is 13.8 Å². The Labute approximate surface area is 82.5 Å². The molecule has 3 N–H and O–H groups in total. The van der Waals surface area contributed by atoms with Crippen molar-refractivity contribution in [2.24, 2.45) is 5.92 Å². The Kier molecular flexibility index (Phi) is 3.42. The minimum Gasteiger partial charge on any atom is -0.245 e. The van der Waals surface area contributed by atoms with E-state index in [-0.39, 0.29) is 11.9 Å². The Balaban J connectivity index is 2.51. The average molecular weight is 219 g/mol. The first-order valence-corrected chi connectivity index (χ1v) is 5.60. The third-order valence-electron chi connectivity index (χ3n) is 1.33. The Bertz CT molecular complexity index is 358. The first-order chi connectivity index (χ1) is 6.49.